The summed E-state index contributed by atoms with van der Waals surface area (Å²) in [4.78, 5) is 17.1. The molecule has 0 fully saturated rings. The van der Waals surface area contributed by atoms with E-state index < -0.39 is 6.10 Å². The molecule has 1 amide bonds. The highest BCUT2D eigenvalue weighted by atomic mass is 16.5. The number of nitrogens with zero attached hydrogens (tertiary/aromatic N) is 2. The maximum absolute atomic E-state index is 12.8. The Bertz CT molecular complexity index is 1170. The predicted molar refractivity (Wildman–Crippen MR) is 119 cm³/mol. The van der Waals surface area contributed by atoms with Crippen LogP contribution in [0.15, 0.2) is 79.1 Å². The molecule has 0 aliphatic heterocycles. The van der Waals surface area contributed by atoms with Gasteiger partial charge in [-0.1, -0.05) is 55.5 Å². The number of imidazole rings is 1. The van der Waals surface area contributed by atoms with Gasteiger partial charge in [0.25, 0.3) is 5.91 Å². The minimum absolute atomic E-state index is 0.122. The predicted octanol–water partition coefficient (Wildman–Crippen LogP) is 4.81. The van der Waals surface area contributed by atoms with Crippen LogP contribution in [-0.4, -0.2) is 21.6 Å². The summed E-state index contributed by atoms with van der Waals surface area (Å²) in [6.45, 7) is 4.33. The summed E-state index contributed by atoms with van der Waals surface area (Å²) in [5.74, 6) is 1.48. The van der Waals surface area contributed by atoms with Gasteiger partial charge in [-0.3, -0.25) is 4.79 Å². The second kappa shape index (κ2) is 8.82. The van der Waals surface area contributed by atoms with E-state index in [0.29, 0.717) is 18.7 Å². The minimum atomic E-state index is -0.548. The van der Waals surface area contributed by atoms with Crippen LogP contribution < -0.4 is 10.1 Å². The molecule has 1 N–H and O–H groups in total. The van der Waals surface area contributed by atoms with Crippen LogP contribution in [0.2, 0.25) is 0 Å². The molecule has 5 nitrogen and oxygen atoms in total. The van der Waals surface area contributed by atoms with Gasteiger partial charge < -0.3 is 14.6 Å². The third-order valence-electron chi connectivity index (χ3n) is 5.19. The van der Waals surface area contributed by atoms with E-state index in [1.165, 1.54) is 0 Å². The first-order valence-electron chi connectivity index (χ1n) is 10.2. The number of aryl methyl sites for hydroxylation is 1. The van der Waals surface area contributed by atoms with Crippen molar-refractivity contribution in [2.45, 2.75) is 32.9 Å². The normalized spacial score (nSPS) is 11.9. The summed E-state index contributed by atoms with van der Waals surface area (Å²) in [5, 5.41) is 5.27. The summed E-state index contributed by atoms with van der Waals surface area (Å²) < 4.78 is 8.03. The highest BCUT2D eigenvalue weighted by Crippen LogP contribution is 2.22. The van der Waals surface area contributed by atoms with Crippen LogP contribution in [0.5, 0.6) is 5.75 Å². The second-order valence-electron chi connectivity index (χ2n) is 7.21. The summed E-state index contributed by atoms with van der Waals surface area (Å²) in [5.41, 5.74) is 2.03. The maximum Gasteiger partial charge on any atom is 0.261 e. The van der Waals surface area contributed by atoms with Crippen molar-refractivity contribution in [1.82, 2.24) is 14.9 Å². The topological polar surface area (TPSA) is 56.1 Å². The molecule has 0 spiro atoms. The second-order valence-corrected chi connectivity index (χ2v) is 7.21. The number of ether oxygens (including phenoxy) is 1. The van der Waals surface area contributed by atoms with Crippen molar-refractivity contribution < 1.29 is 9.53 Å². The smallest absolute Gasteiger partial charge is 0.261 e. The van der Waals surface area contributed by atoms with Crippen LogP contribution in [0.25, 0.3) is 16.5 Å². The molecule has 1 atom stereocenters. The van der Waals surface area contributed by atoms with Gasteiger partial charge in [-0.05, 0) is 47.9 Å². The molecule has 0 saturated heterocycles. The van der Waals surface area contributed by atoms with Crippen molar-refractivity contribution in [2.24, 2.45) is 0 Å². The zero-order chi connectivity index (χ0) is 20.9. The van der Waals surface area contributed by atoms with E-state index >= 15 is 0 Å². The van der Waals surface area contributed by atoms with Gasteiger partial charge in [0.05, 0.1) is 5.69 Å². The molecule has 3 aromatic carbocycles. The molecule has 30 heavy (non-hydrogen) atoms. The molecule has 152 valence electrons. The van der Waals surface area contributed by atoms with Crippen molar-refractivity contribution in [2.75, 3.05) is 0 Å². The van der Waals surface area contributed by atoms with Gasteiger partial charge in [0.2, 0.25) is 0 Å². The average molecular weight is 399 g/mol. The SMILES string of the molecule is CC[C@H](Oc1ccc2ccccc2c1)C(=O)NCc1ccccc1-n1ccnc1C. The molecular weight excluding hydrogens is 374 g/mol. The highest BCUT2D eigenvalue weighted by molar-refractivity contribution is 5.84. The van der Waals surface area contributed by atoms with Crippen LogP contribution in [-0.2, 0) is 11.3 Å². The largest absolute Gasteiger partial charge is 0.481 e. The molecule has 0 radical (unpaired) electrons. The van der Waals surface area contributed by atoms with Crippen LogP contribution in [0.3, 0.4) is 0 Å². The van der Waals surface area contributed by atoms with E-state index in [4.69, 9.17) is 4.74 Å². The Morgan fingerprint density at radius 1 is 1.07 bits per heavy atom. The third kappa shape index (κ3) is 4.20. The van der Waals surface area contributed by atoms with Gasteiger partial charge in [-0.25, -0.2) is 4.98 Å². The van der Waals surface area contributed by atoms with Gasteiger partial charge >= 0.3 is 0 Å². The Labute approximate surface area is 176 Å². The lowest BCUT2D eigenvalue weighted by Crippen LogP contribution is -2.37. The van der Waals surface area contributed by atoms with Crippen molar-refractivity contribution in [3.05, 3.63) is 90.5 Å². The Morgan fingerprint density at radius 3 is 2.60 bits per heavy atom. The van der Waals surface area contributed by atoms with Gasteiger partial charge in [-0.2, -0.15) is 0 Å². The molecule has 0 aliphatic rings. The fourth-order valence-electron chi connectivity index (χ4n) is 3.55. The number of hydrogen-bond donors (Lipinski definition) is 1. The molecule has 1 heterocycles. The van der Waals surface area contributed by atoms with Crippen molar-refractivity contribution in [3.8, 4) is 11.4 Å². The van der Waals surface area contributed by atoms with Crippen molar-refractivity contribution >= 4 is 16.7 Å². The monoisotopic (exact) mass is 399 g/mol. The quantitative estimate of drug-likeness (QED) is 0.485. The number of fused-ring (bicyclic) bond motifs is 1. The first-order valence-corrected chi connectivity index (χ1v) is 10.2. The lowest BCUT2D eigenvalue weighted by Gasteiger charge is -2.18. The Hall–Kier alpha value is -3.60. The molecule has 4 aromatic rings. The Morgan fingerprint density at radius 2 is 1.83 bits per heavy atom. The maximum atomic E-state index is 12.8. The highest BCUT2D eigenvalue weighted by Gasteiger charge is 2.19. The summed E-state index contributed by atoms with van der Waals surface area (Å²) in [6.07, 6.45) is 3.73. The van der Waals surface area contributed by atoms with Crippen molar-refractivity contribution in [3.63, 3.8) is 0 Å². The fraction of sp³-hybridized carbons (Fsp3) is 0.200. The van der Waals surface area contributed by atoms with E-state index in [1.54, 1.807) is 6.20 Å². The molecule has 0 bridgehead atoms. The van der Waals surface area contributed by atoms with E-state index in [1.807, 2.05) is 85.3 Å². The molecule has 5 heteroatoms. The number of rotatable bonds is 7. The molecule has 0 aliphatic carbocycles. The fourth-order valence-corrected chi connectivity index (χ4v) is 3.55. The zero-order valence-electron chi connectivity index (χ0n) is 17.2. The molecule has 1 aromatic heterocycles. The van der Waals surface area contributed by atoms with E-state index in [9.17, 15) is 4.79 Å². The van der Waals surface area contributed by atoms with E-state index in [-0.39, 0.29) is 5.91 Å². The number of aromatic nitrogens is 2. The summed E-state index contributed by atoms with van der Waals surface area (Å²) in [6, 6.07) is 22.0. The van der Waals surface area contributed by atoms with Crippen LogP contribution in [0.1, 0.15) is 24.7 Å². The first kappa shape index (κ1) is 19.7. The minimum Gasteiger partial charge on any atom is -0.481 e. The third-order valence-corrected chi connectivity index (χ3v) is 5.19. The molecule has 4 rings (SSSR count). The summed E-state index contributed by atoms with van der Waals surface area (Å²) in [7, 11) is 0. The van der Waals surface area contributed by atoms with Crippen LogP contribution in [0, 0.1) is 6.92 Å². The van der Waals surface area contributed by atoms with E-state index in [2.05, 4.69) is 16.4 Å². The lowest BCUT2D eigenvalue weighted by atomic mass is 10.1. The van der Waals surface area contributed by atoms with E-state index in [0.717, 1.165) is 27.8 Å². The number of amides is 1. The lowest BCUT2D eigenvalue weighted by molar-refractivity contribution is -0.128. The van der Waals surface area contributed by atoms with Gasteiger partial charge in [0.1, 0.15) is 11.6 Å². The molecule has 0 unspecified atom stereocenters. The van der Waals surface area contributed by atoms with Crippen molar-refractivity contribution in [1.29, 1.82) is 0 Å². The average Bonchev–Trinajstić information content (AvgIpc) is 3.21. The Kier molecular flexibility index (Phi) is 5.80. The van der Waals surface area contributed by atoms with Gasteiger partial charge in [0.15, 0.2) is 6.10 Å². The van der Waals surface area contributed by atoms with Gasteiger partial charge in [-0.15, -0.1) is 0 Å². The Balaban J connectivity index is 1.46. The number of carbonyl (C=O) groups excluding carboxylic acids is 1. The standard InChI is InChI=1S/C25H25N3O2/c1-3-24(30-22-13-12-19-8-4-5-9-20(19)16-22)25(29)27-17-21-10-6-7-11-23(21)28-15-14-26-18(28)2/h4-16,24H,3,17H2,1-2H3,(H,27,29)/t24-/m0/s1. The summed E-state index contributed by atoms with van der Waals surface area (Å²) >= 11 is 0. The first-order chi connectivity index (χ1) is 14.7. The van der Waals surface area contributed by atoms with Crippen LogP contribution >= 0.6 is 0 Å². The number of hydrogen-bond acceptors (Lipinski definition) is 3. The number of para-hydroxylation sites is 1. The number of carbonyl (C=O) groups is 1. The van der Waals surface area contributed by atoms with Crippen LogP contribution in [0.4, 0.5) is 0 Å². The van der Waals surface area contributed by atoms with Gasteiger partial charge in [0, 0.05) is 18.9 Å². The zero-order valence-corrected chi connectivity index (χ0v) is 17.2. The number of benzene rings is 3. The molecule has 0 saturated carbocycles. The molecular formula is C25H25N3O2. The number of nitrogens with one attached hydrogen (secondary N) is 1.